The second-order valence-corrected chi connectivity index (χ2v) is 5.17. The lowest BCUT2D eigenvalue weighted by Crippen LogP contribution is -2.34. The van der Waals surface area contributed by atoms with Gasteiger partial charge in [0.2, 0.25) is 5.91 Å². The monoisotopic (exact) mass is 247 g/mol. The van der Waals surface area contributed by atoms with E-state index in [2.05, 4.69) is 12.2 Å². The van der Waals surface area contributed by atoms with Crippen molar-refractivity contribution in [3.8, 4) is 5.75 Å². The molecular formula is C15H21NO2. The van der Waals surface area contributed by atoms with Crippen molar-refractivity contribution < 1.29 is 9.53 Å². The lowest BCUT2D eigenvalue weighted by Gasteiger charge is -2.13. The molecule has 98 valence electrons. The molecular weight excluding hydrogens is 226 g/mol. The molecule has 1 aliphatic carbocycles. The first-order chi connectivity index (χ1) is 8.69. The predicted octanol–water partition coefficient (Wildman–Crippen LogP) is 2.54. The van der Waals surface area contributed by atoms with Gasteiger partial charge in [0.25, 0.3) is 0 Å². The Kier molecular flexibility index (Phi) is 4.24. The Labute approximate surface area is 109 Å². The molecule has 1 aromatic carbocycles. The van der Waals surface area contributed by atoms with E-state index >= 15 is 0 Å². The summed E-state index contributed by atoms with van der Waals surface area (Å²) in [6.07, 6.45) is 3.84. The minimum absolute atomic E-state index is 0.0959. The van der Waals surface area contributed by atoms with Crippen LogP contribution in [0.15, 0.2) is 24.3 Å². The Hall–Kier alpha value is -1.51. The first-order valence-corrected chi connectivity index (χ1v) is 6.60. The number of hydrogen-bond acceptors (Lipinski definition) is 2. The predicted molar refractivity (Wildman–Crippen MR) is 71.6 cm³/mol. The van der Waals surface area contributed by atoms with Crippen molar-refractivity contribution in [1.82, 2.24) is 5.32 Å². The molecule has 2 atom stereocenters. The number of rotatable bonds is 4. The number of benzene rings is 1. The van der Waals surface area contributed by atoms with Gasteiger partial charge in [-0.05, 0) is 31.2 Å². The third kappa shape index (κ3) is 3.25. The van der Waals surface area contributed by atoms with Gasteiger partial charge in [0.15, 0.2) is 0 Å². The fourth-order valence-corrected chi connectivity index (χ4v) is 2.64. The minimum atomic E-state index is 0.0959. The molecule has 0 aromatic heterocycles. The highest BCUT2D eigenvalue weighted by molar-refractivity contribution is 5.79. The number of methoxy groups -OCH3 is 1. The lowest BCUT2D eigenvalue weighted by molar-refractivity contribution is -0.121. The molecule has 0 aliphatic heterocycles. The van der Waals surface area contributed by atoms with Crippen LogP contribution in [0.25, 0.3) is 0 Å². The average molecular weight is 247 g/mol. The van der Waals surface area contributed by atoms with Gasteiger partial charge in [0, 0.05) is 11.6 Å². The zero-order valence-electron chi connectivity index (χ0n) is 11.1. The van der Waals surface area contributed by atoms with Crippen LogP contribution in [0, 0.1) is 5.92 Å². The van der Waals surface area contributed by atoms with Crippen LogP contribution < -0.4 is 10.1 Å². The zero-order chi connectivity index (χ0) is 13.0. The normalized spacial score (nSPS) is 22.8. The quantitative estimate of drug-likeness (QED) is 0.888. The van der Waals surface area contributed by atoms with Crippen molar-refractivity contribution in [2.45, 2.75) is 38.6 Å². The van der Waals surface area contributed by atoms with Crippen molar-refractivity contribution in [3.63, 3.8) is 0 Å². The third-order valence-corrected chi connectivity index (χ3v) is 3.60. The van der Waals surface area contributed by atoms with Gasteiger partial charge in [0.1, 0.15) is 5.75 Å². The first-order valence-electron chi connectivity index (χ1n) is 6.60. The number of para-hydroxylation sites is 1. The van der Waals surface area contributed by atoms with Gasteiger partial charge < -0.3 is 10.1 Å². The molecule has 0 bridgehead atoms. The van der Waals surface area contributed by atoms with E-state index in [4.69, 9.17) is 4.74 Å². The Morgan fingerprint density at radius 1 is 1.39 bits per heavy atom. The number of nitrogens with one attached hydrogen (secondary N) is 1. The maximum atomic E-state index is 12.0. The van der Waals surface area contributed by atoms with E-state index in [0.29, 0.717) is 12.5 Å². The molecule has 0 spiro atoms. The fourth-order valence-electron chi connectivity index (χ4n) is 2.64. The number of ether oxygens (including phenoxy) is 1. The van der Waals surface area contributed by atoms with Crippen LogP contribution in [0.5, 0.6) is 5.75 Å². The molecule has 1 fully saturated rings. The average Bonchev–Trinajstić information content (AvgIpc) is 2.75. The van der Waals surface area contributed by atoms with Gasteiger partial charge in [-0.2, -0.15) is 0 Å². The van der Waals surface area contributed by atoms with E-state index in [1.165, 1.54) is 6.42 Å². The number of hydrogen-bond donors (Lipinski definition) is 1. The molecule has 1 aliphatic rings. The smallest absolute Gasteiger partial charge is 0.224 e. The number of carbonyl (C=O) groups is 1. The molecule has 0 radical (unpaired) electrons. The largest absolute Gasteiger partial charge is 0.496 e. The molecule has 2 rings (SSSR count). The summed E-state index contributed by atoms with van der Waals surface area (Å²) in [6, 6.07) is 8.04. The van der Waals surface area contributed by atoms with Gasteiger partial charge in [0.05, 0.1) is 13.5 Å². The maximum absolute atomic E-state index is 12.0. The number of amides is 1. The summed E-state index contributed by atoms with van der Waals surface area (Å²) in [5, 5.41) is 3.11. The third-order valence-electron chi connectivity index (χ3n) is 3.60. The summed E-state index contributed by atoms with van der Waals surface area (Å²) < 4.78 is 5.25. The first kappa shape index (κ1) is 12.9. The molecule has 1 amide bonds. The summed E-state index contributed by atoms with van der Waals surface area (Å²) >= 11 is 0. The maximum Gasteiger partial charge on any atom is 0.224 e. The highest BCUT2D eigenvalue weighted by Crippen LogP contribution is 2.25. The molecule has 0 heterocycles. The molecule has 3 heteroatoms. The summed E-state index contributed by atoms with van der Waals surface area (Å²) in [5.41, 5.74) is 0.948. The second-order valence-electron chi connectivity index (χ2n) is 5.17. The van der Waals surface area contributed by atoms with Crippen LogP contribution >= 0.6 is 0 Å². The molecule has 2 unspecified atom stereocenters. The summed E-state index contributed by atoms with van der Waals surface area (Å²) in [6.45, 7) is 2.24. The number of carbonyl (C=O) groups excluding carboxylic acids is 1. The Morgan fingerprint density at radius 3 is 2.83 bits per heavy atom. The highest BCUT2D eigenvalue weighted by Gasteiger charge is 2.22. The van der Waals surface area contributed by atoms with Crippen molar-refractivity contribution in [3.05, 3.63) is 29.8 Å². The van der Waals surface area contributed by atoms with Crippen molar-refractivity contribution in [2.75, 3.05) is 7.11 Å². The van der Waals surface area contributed by atoms with Gasteiger partial charge in [-0.25, -0.2) is 0 Å². The molecule has 1 aromatic rings. The van der Waals surface area contributed by atoms with Crippen LogP contribution in [-0.2, 0) is 11.2 Å². The van der Waals surface area contributed by atoms with Crippen LogP contribution in [-0.4, -0.2) is 19.1 Å². The highest BCUT2D eigenvalue weighted by atomic mass is 16.5. The molecule has 3 nitrogen and oxygen atoms in total. The molecule has 1 N–H and O–H groups in total. The van der Waals surface area contributed by atoms with Gasteiger partial charge in [-0.15, -0.1) is 0 Å². The van der Waals surface area contributed by atoms with E-state index in [-0.39, 0.29) is 5.91 Å². The SMILES string of the molecule is COc1ccccc1CC(=O)NC1CCC(C)C1. The molecule has 0 saturated heterocycles. The van der Waals surface area contributed by atoms with Gasteiger partial charge >= 0.3 is 0 Å². The van der Waals surface area contributed by atoms with Crippen LogP contribution in [0.4, 0.5) is 0 Å². The van der Waals surface area contributed by atoms with E-state index in [0.717, 1.165) is 30.1 Å². The topological polar surface area (TPSA) is 38.3 Å². The lowest BCUT2D eigenvalue weighted by atomic mass is 10.1. The van der Waals surface area contributed by atoms with E-state index in [9.17, 15) is 4.79 Å². The Morgan fingerprint density at radius 2 is 2.17 bits per heavy atom. The van der Waals surface area contributed by atoms with Crippen LogP contribution in [0.3, 0.4) is 0 Å². The van der Waals surface area contributed by atoms with Crippen molar-refractivity contribution in [2.24, 2.45) is 5.92 Å². The van der Waals surface area contributed by atoms with Crippen molar-refractivity contribution >= 4 is 5.91 Å². The summed E-state index contributed by atoms with van der Waals surface area (Å²) in [4.78, 5) is 12.0. The van der Waals surface area contributed by atoms with Gasteiger partial charge in [-0.1, -0.05) is 25.1 Å². The Balaban J connectivity index is 1.91. The Bertz CT molecular complexity index is 417. The molecule has 1 saturated carbocycles. The minimum Gasteiger partial charge on any atom is -0.496 e. The van der Waals surface area contributed by atoms with Crippen molar-refractivity contribution in [1.29, 1.82) is 0 Å². The van der Waals surface area contributed by atoms with Crippen LogP contribution in [0.1, 0.15) is 31.7 Å². The van der Waals surface area contributed by atoms with Gasteiger partial charge in [-0.3, -0.25) is 4.79 Å². The summed E-state index contributed by atoms with van der Waals surface area (Å²) in [7, 11) is 1.63. The molecule has 18 heavy (non-hydrogen) atoms. The van der Waals surface area contributed by atoms with E-state index in [1.54, 1.807) is 7.11 Å². The summed E-state index contributed by atoms with van der Waals surface area (Å²) in [5.74, 6) is 1.62. The second kappa shape index (κ2) is 5.89. The van der Waals surface area contributed by atoms with Crippen LogP contribution in [0.2, 0.25) is 0 Å². The van der Waals surface area contributed by atoms with E-state index < -0.39 is 0 Å². The standard InChI is InChI=1S/C15H21NO2/c1-11-7-8-13(9-11)16-15(17)10-12-5-3-4-6-14(12)18-2/h3-6,11,13H,7-10H2,1-2H3,(H,16,17). The zero-order valence-corrected chi connectivity index (χ0v) is 11.1. The van der Waals surface area contributed by atoms with E-state index in [1.807, 2.05) is 24.3 Å². The fraction of sp³-hybridized carbons (Fsp3) is 0.533.